The number of aryl methyl sites for hydroxylation is 1. The Hall–Kier alpha value is -1.66. The lowest BCUT2D eigenvalue weighted by molar-refractivity contribution is -0.0815. The number of ether oxygens (including phenoxy) is 2. The summed E-state index contributed by atoms with van der Waals surface area (Å²) in [4.78, 5) is 4.77. The van der Waals surface area contributed by atoms with Gasteiger partial charge in [-0.1, -0.05) is 60.2 Å². The van der Waals surface area contributed by atoms with Crippen molar-refractivity contribution >= 4 is 23.1 Å². The third-order valence-electron chi connectivity index (χ3n) is 3.85. The number of rotatable bonds is 4. The van der Waals surface area contributed by atoms with Crippen LogP contribution in [-0.4, -0.2) is 18.2 Å². The van der Waals surface area contributed by atoms with Gasteiger partial charge in [0.1, 0.15) is 0 Å². The highest BCUT2D eigenvalue weighted by molar-refractivity contribution is 8.01. The van der Waals surface area contributed by atoms with Gasteiger partial charge in [-0.15, -0.1) is 11.3 Å². The first-order chi connectivity index (χ1) is 11.8. The first kappa shape index (κ1) is 15.8. The van der Waals surface area contributed by atoms with Crippen LogP contribution in [0, 0.1) is 6.92 Å². The third-order valence-corrected chi connectivity index (χ3v) is 6.03. The Kier molecular flexibility index (Phi) is 4.41. The van der Waals surface area contributed by atoms with Gasteiger partial charge in [0.05, 0.1) is 18.9 Å². The summed E-state index contributed by atoms with van der Waals surface area (Å²) in [5.74, 6) is 0. The van der Waals surface area contributed by atoms with Crippen LogP contribution in [0.25, 0.3) is 11.3 Å². The van der Waals surface area contributed by atoms with Crippen molar-refractivity contribution in [2.45, 2.75) is 16.4 Å². The number of thiazole rings is 1. The molecule has 3 nitrogen and oxygen atoms in total. The van der Waals surface area contributed by atoms with E-state index in [2.05, 4.69) is 36.6 Å². The highest BCUT2D eigenvalue weighted by Gasteiger charge is 2.41. The van der Waals surface area contributed by atoms with E-state index in [0.29, 0.717) is 13.2 Å². The normalized spacial score (nSPS) is 16.4. The van der Waals surface area contributed by atoms with Crippen LogP contribution >= 0.6 is 23.1 Å². The molecule has 1 aromatic heterocycles. The molecule has 122 valence electrons. The third kappa shape index (κ3) is 3.13. The van der Waals surface area contributed by atoms with Gasteiger partial charge in [0, 0.05) is 16.5 Å². The molecule has 24 heavy (non-hydrogen) atoms. The predicted octanol–water partition coefficient (Wildman–Crippen LogP) is 5.07. The average Bonchev–Trinajstić information content (AvgIpc) is 3.27. The van der Waals surface area contributed by atoms with E-state index in [-0.39, 0.29) is 0 Å². The number of nitrogens with zero attached hydrogens (tertiary/aromatic N) is 1. The molecule has 1 aliphatic heterocycles. The number of hydrogen-bond acceptors (Lipinski definition) is 5. The zero-order valence-electron chi connectivity index (χ0n) is 13.3. The Morgan fingerprint density at radius 1 is 1.00 bits per heavy atom. The van der Waals surface area contributed by atoms with Crippen LogP contribution < -0.4 is 0 Å². The zero-order chi connectivity index (χ0) is 16.4. The van der Waals surface area contributed by atoms with Crippen LogP contribution in [0.5, 0.6) is 0 Å². The summed E-state index contributed by atoms with van der Waals surface area (Å²) >= 11 is 3.15. The molecule has 0 saturated carbocycles. The molecular formula is C19H17NO2S2. The largest absolute Gasteiger partial charge is 0.335 e. The van der Waals surface area contributed by atoms with Crippen LogP contribution in [0.2, 0.25) is 0 Å². The summed E-state index contributed by atoms with van der Waals surface area (Å²) in [6.07, 6.45) is 0. The van der Waals surface area contributed by atoms with Crippen molar-refractivity contribution in [2.24, 2.45) is 0 Å². The lowest BCUT2D eigenvalue weighted by Gasteiger charge is -2.25. The molecule has 1 aliphatic rings. The minimum Gasteiger partial charge on any atom is -0.335 e. The molecular weight excluding hydrogens is 338 g/mol. The summed E-state index contributed by atoms with van der Waals surface area (Å²) in [7, 11) is 0. The fraction of sp³-hybridized carbons (Fsp3) is 0.211. The fourth-order valence-corrected chi connectivity index (χ4v) is 4.73. The van der Waals surface area contributed by atoms with Crippen molar-refractivity contribution < 1.29 is 9.47 Å². The van der Waals surface area contributed by atoms with Crippen molar-refractivity contribution in [1.82, 2.24) is 4.98 Å². The lowest BCUT2D eigenvalue weighted by atomic mass is 10.1. The van der Waals surface area contributed by atoms with Gasteiger partial charge in [-0.3, -0.25) is 0 Å². The second kappa shape index (κ2) is 6.69. The molecule has 0 atom stereocenters. The molecule has 1 fully saturated rings. The quantitative estimate of drug-likeness (QED) is 0.654. The van der Waals surface area contributed by atoms with Crippen LogP contribution in [0.15, 0.2) is 64.3 Å². The molecule has 0 bridgehead atoms. The standard InChI is InChI=1S/C19H17NO2S2/c1-14-7-9-15(10-8-14)17-13-23-18(20-17)24-19(21-11-12-22-19)16-5-3-2-4-6-16/h2-10,13H,11-12H2,1H3. The summed E-state index contributed by atoms with van der Waals surface area (Å²) in [6.45, 7) is 3.28. The van der Waals surface area contributed by atoms with Crippen molar-refractivity contribution in [2.75, 3.05) is 13.2 Å². The number of thioether (sulfide) groups is 1. The summed E-state index contributed by atoms with van der Waals surface area (Å²) in [5.41, 5.74) is 4.38. The monoisotopic (exact) mass is 355 g/mol. The molecule has 0 radical (unpaired) electrons. The summed E-state index contributed by atoms with van der Waals surface area (Å²) < 4.78 is 12.9. The average molecular weight is 355 g/mol. The van der Waals surface area contributed by atoms with Crippen LogP contribution in [-0.2, 0) is 14.6 Å². The second-order valence-corrected chi connectivity index (χ2v) is 7.83. The molecule has 0 unspecified atom stereocenters. The van der Waals surface area contributed by atoms with Gasteiger partial charge in [-0.2, -0.15) is 0 Å². The molecule has 5 heteroatoms. The molecule has 0 spiro atoms. The van der Waals surface area contributed by atoms with E-state index >= 15 is 0 Å². The number of hydrogen-bond donors (Lipinski definition) is 0. The molecule has 1 saturated heterocycles. The predicted molar refractivity (Wildman–Crippen MR) is 98.2 cm³/mol. The maximum absolute atomic E-state index is 5.97. The van der Waals surface area contributed by atoms with Gasteiger partial charge in [0.2, 0.25) is 0 Å². The van der Waals surface area contributed by atoms with Crippen molar-refractivity contribution in [3.63, 3.8) is 0 Å². The van der Waals surface area contributed by atoms with Gasteiger partial charge < -0.3 is 9.47 Å². The molecule has 4 rings (SSSR count). The summed E-state index contributed by atoms with van der Waals surface area (Å²) in [6, 6.07) is 18.5. The van der Waals surface area contributed by atoms with E-state index in [1.807, 2.05) is 30.3 Å². The Balaban J connectivity index is 1.61. The van der Waals surface area contributed by atoms with E-state index in [9.17, 15) is 0 Å². The van der Waals surface area contributed by atoms with E-state index < -0.39 is 5.12 Å². The Morgan fingerprint density at radius 2 is 1.71 bits per heavy atom. The van der Waals surface area contributed by atoms with Crippen molar-refractivity contribution in [1.29, 1.82) is 0 Å². The summed E-state index contributed by atoms with van der Waals surface area (Å²) in [5, 5.41) is 1.30. The number of aromatic nitrogens is 1. The van der Waals surface area contributed by atoms with E-state index in [1.165, 1.54) is 17.3 Å². The van der Waals surface area contributed by atoms with E-state index in [0.717, 1.165) is 21.2 Å². The van der Waals surface area contributed by atoms with Gasteiger partial charge >= 0.3 is 0 Å². The van der Waals surface area contributed by atoms with Gasteiger partial charge in [0.15, 0.2) is 4.34 Å². The van der Waals surface area contributed by atoms with Crippen molar-refractivity contribution in [3.8, 4) is 11.3 Å². The maximum atomic E-state index is 5.97. The lowest BCUT2D eigenvalue weighted by Crippen LogP contribution is -2.22. The van der Waals surface area contributed by atoms with Crippen LogP contribution in [0.4, 0.5) is 0 Å². The molecule has 2 heterocycles. The van der Waals surface area contributed by atoms with Gasteiger partial charge in [-0.05, 0) is 18.7 Å². The van der Waals surface area contributed by atoms with Crippen molar-refractivity contribution in [3.05, 3.63) is 71.1 Å². The molecule has 0 N–H and O–H groups in total. The number of benzene rings is 2. The Labute approximate surface area is 149 Å². The molecule has 3 aromatic rings. The highest BCUT2D eigenvalue weighted by Crippen LogP contribution is 2.47. The topological polar surface area (TPSA) is 31.4 Å². The van der Waals surface area contributed by atoms with Crippen LogP contribution in [0.3, 0.4) is 0 Å². The minimum absolute atomic E-state index is 0.595. The Bertz CT molecular complexity index is 809. The van der Waals surface area contributed by atoms with E-state index in [1.54, 1.807) is 11.3 Å². The van der Waals surface area contributed by atoms with E-state index in [4.69, 9.17) is 14.5 Å². The highest BCUT2D eigenvalue weighted by atomic mass is 32.2. The molecule has 2 aromatic carbocycles. The second-order valence-electron chi connectivity index (χ2n) is 5.59. The van der Waals surface area contributed by atoms with Gasteiger partial charge in [-0.25, -0.2) is 4.98 Å². The molecule has 0 amide bonds. The minimum atomic E-state index is -0.788. The van der Waals surface area contributed by atoms with Crippen LogP contribution in [0.1, 0.15) is 11.1 Å². The first-order valence-corrected chi connectivity index (χ1v) is 9.50. The Morgan fingerprint density at radius 3 is 2.42 bits per heavy atom. The van der Waals surface area contributed by atoms with Gasteiger partial charge in [0.25, 0.3) is 5.12 Å². The smallest absolute Gasteiger partial charge is 0.252 e. The zero-order valence-corrected chi connectivity index (χ0v) is 14.9. The fourth-order valence-electron chi connectivity index (χ4n) is 2.60. The maximum Gasteiger partial charge on any atom is 0.252 e. The SMILES string of the molecule is Cc1ccc(-c2csc(SC3(c4ccccc4)OCCO3)n2)cc1. The first-order valence-electron chi connectivity index (χ1n) is 7.80. The molecule has 0 aliphatic carbocycles.